The van der Waals surface area contributed by atoms with Crippen LogP contribution in [0.1, 0.15) is 43.7 Å². The molecule has 1 aliphatic carbocycles. The number of hydrogen-bond acceptors (Lipinski definition) is 3. The fourth-order valence-electron chi connectivity index (χ4n) is 3.89. The highest BCUT2D eigenvalue weighted by Crippen LogP contribution is 2.44. The number of likely N-dealkylation sites (N-methyl/N-ethyl adjacent to an activating group) is 1. The molecule has 0 radical (unpaired) electrons. The topological polar surface area (TPSA) is 60.9 Å². The van der Waals surface area contributed by atoms with Crippen LogP contribution in [0, 0.1) is 5.92 Å². The van der Waals surface area contributed by atoms with E-state index in [1.165, 1.54) is 6.92 Å². The Kier molecular flexibility index (Phi) is 5.47. The average Bonchev–Trinajstić information content (AvgIpc) is 3.44. The normalized spacial score (nSPS) is 25.2. The molecule has 1 saturated carbocycles. The van der Waals surface area contributed by atoms with Gasteiger partial charge < -0.3 is 14.9 Å². The molecule has 2 amide bonds. The van der Waals surface area contributed by atoms with Crippen molar-refractivity contribution in [2.45, 2.75) is 44.7 Å². The highest BCUT2D eigenvalue weighted by molar-refractivity contribution is 5.83. The number of rotatable bonds is 6. The first-order valence-corrected chi connectivity index (χ1v) is 9.35. The Labute approximate surface area is 155 Å². The van der Waals surface area contributed by atoms with Gasteiger partial charge >= 0.3 is 0 Å². The molecule has 140 valence electrons. The molecule has 5 nitrogen and oxygen atoms in total. The van der Waals surface area contributed by atoms with Gasteiger partial charge in [-0.05, 0) is 30.9 Å². The number of carbonyl (C=O) groups excluding carboxylic acids is 2. The summed E-state index contributed by atoms with van der Waals surface area (Å²) in [5, 5.41) is 9.95. The van der Waals surface area contributed by atoms with Gasteiger partial charge in [0.25, 0.3) is 0 Å². The number of nitrogens with zero attached hydrogens (tertiary/aromatic N) is 2. The summed E-state index contributed by atoms with van der Waals surface area (Å²) >= 11 is 0. The van der Waals surface area contributed by atoms with Crippen molar-refractivity contribution in [2.75, 3.05) is 20.2 Å². The third-order valence-corrected chi connectivity index (χ3v) is 5.59. The molecule has 2 aliphatic rings. The summed E-state index contributed by atoms with van der Waals surface area (Å²) in [5.74, 6) is 0.266. The van der Waals surface area contributed by atoms with Gasteiger partial charge in [0.15, 0.2) is 0 Å². The molecule has 5 heteroatoms. The van der Waals surface area contributed by atoms with Crippen molar-refractivity contribution < 1.29 is 14.7 Å². The lowest BCUT2D eigenvalue weighted by molar-refractivity contribution is -0.155. The van der Waals surface area contributed by atoms with E-state index in [-0.39, 0.29) is 42.3 Å². The lowest BCUT2D eigenvalue weighted by Gasteiger charge is -2.56. The fraction of sp³-hybridized carbons (Fsp3) is 0.524. The number of benzene rings is 1. The summed E-state index contributed by atoms with van der Waals surface area (Å²) in [6.45, 7) is 3.96. The second kappa shape index (κ2) is 7.62. The predicted octanol–water partition coefficient (Wildman–Crippen LogP) is 2.26. The monoisotopic (exact) mass is 356 g/mol. The number of aliphatic hydroxyl groups excluding tert-OH is 1. The molecule has 0 unspecified atom stereocenters. The minimum atomic E-state index is -0.207. The number of carbonyl (C=O) groups is 2. The zero-order valence-corrected chi connectivity index (χ0v) is 15.8. The van der Waals surface area contributed by atoms with Gasteiger partial charge in [0, 0.05) is 32.4 Å². The molecule has 0 bridgehead atoms. The number of amides is 2. The maximum absolute atomic E-state index is 12.7. The van der Waals surface area contributed by atoms with Crippen molar-refractivity contribution >= 4 is 17.9 Å². The van der Waals surface area contributed by atoms with Crippen molar-refractivity contribution in [3.05, 3.63) is 41.5 Å². The van der Waals surface area contributed by atoms with Gasteiger partial charge in [0.05, 0.1) is 18.7 Å². The van der Waals surface area contributed by atoms with E-state index in [2.05, 4.69) is 24.3 Å². The molecular formula is C21H28N2O3. The molecule has 26 heavy (non-hydrogen) atoms. The standard InChI is InChI=1S/C21H28N2O3/c1-4-5-15-6-8-16(9-7-15)20-18(12-22(3)14(2)25)23(19(20)13-24)21(26)17-10-11-17/h4-9,17-20,24H,10-13H2,1-3H3/b5-4+/t18-,19+,20+/m0/s1. The maximum atomic E-state index is 12.7. The molecule has 3 atom stereocenters. The summed E-state index contributed by atoms with van der Waals surface area (Å²) in [4.78, 5) is 27.9. The van der Waals surface area contributed by atoms with Crippen LogP contribution < -0.4 is 0 Å². The van der Waals surface area contributed by atoms with Crippen LogP contribution in [0.3, 0.4) is 0 Å². The van der Waals surface area contributed by atoms with Crippen LogP contribution in [0.2, 0.25) is 0 Å². The van der Waals surface area contributed by atoms with E-state index in [4.69, 9.17) is 0 Å². The Morgan fingerprint density at radius 2 is 1.88 bits per heavy atom. The summed E-state index contributed by atoms with van der Waals surface area (Å²) in [5.41, 5.74) is 2.23. The molecule has 1 aromatic carbocycles. The van der Waals surface area contributed by atoms with Crippen molar-refractivity contribution in [1.82, 2.24) is 9.80 Å². The molecule has 1 aromatic rings. The van der Waals surface area contributed by atoms with E-state index in [1.54, 1.807) is 11.9 Å². The smallest absolute Gasteiger partial charge is 0.226 e. The zero-order valence-electron chi connectivity index (χ0n) is 15.8. The van der Waals surface area contributed by atoms with Gasteiger partial charge in [-0.2, -0.15) is 0 Å². The molecular weight excluding hydrogens is 328 g/mol. The van der Waals surface area contributed by atoms with Gasteiger partial charge in [-0.15, -0.1) is 0 Å². The summed E-state index contributed by atoms with van der Waals surface area (Å²) in [7, 11) is 1.76. The molecule has 0 aromatic heterocycles. The highest BCUT2D eigenvalue weighted by atomic mass is 16.3. The number of aliphatic hydroxyl groups is 1. The Morgan fingerprint density at radius 3 is 2.38 bits per heavy atom. The Hall–Kier alpha value is -2.14. The van der Waals surface area contributed by atoms with Crippen LogP contribution in [0.15, 0.2) is 30.3 Å². The Morgan fingerprint density at radius 1 is 1.23 bits per heavy atom. The molecule has 1 N–H and O–H groups in total. The van der Waals surface area contributed by atoms with Gasteiger partial charge in [-0.25, -0.2) is 0 Å². The van der Waals surface area contributed by atoms with E-state index in [0.29, 0.717) is 6.54 Å². The molecule has 1 saturated heterocycles. The van der Waals surface area contributed by atoms with Gasteiger partial charge in [-0.1, -0.05) is 36.4 Å². The number of hydrogen-bond donors (Lipinski definition) is 1. The fourth-order valence-corrected chi connectivity index (χ4v) is 3.89. The number of likely N-dealkylation sites (tertiary alicyclic amines) is 1. The van der Waals surface area contributed by atoms with Crippen molar-refractivity contribution in [2.24, 2.45) is 5.92 Å². The van der Waals surface area contributed by atoms with E-state index < -0.39 is 0 Å². The first-order chi connectivity index (χ1) is 12.5. The number of allylic oxidation sites excluding steroid dienone is 1. The van der Waals surface area contributed by atoms with E-state index in [1.807, 2.05) is 24.0 Å². The second-order valence-corrected chi connectivity index (χ2v) is 7.43. The molecule has 2 fully saturated rings. The summed E-state index contributed by atoms with van der Waals surface area (Å²) < 4.78 is 0. The molecule has 1 aliphatic heterocycles. The van der Waals surface area contributed by atoms with Crippen LogP contribution in [-0.4, -0.2) is 59.0 Å². The molecule has 3 rings (SSSR count). The van der Waals surface area contributed by atoms with Crippen LogP contribution in [0.4, 0.5) is 0 Å². The van der Waals surface area contributed by atoms with Crippen molar-refractivity contribution in [1.29, 1.82) is 0 Å². The minimum absolute atomic E-state index is 0.0153. The lowest BCUT2D eigenvalue weighted by atomic mass is 9.74. The third-order valence-electron chi connectivity index (χ3n) is 5.59. The largest absolute Gasteiger partial charge is 0.394 e. The van der Waals surface area contributed by atoms with E-state index in [9.17, 15) is 14.7 Å². The van der Waals surface area contributed by atoms with Crippen LogP contribution >= 0.6 is 0 Å². The van der Waals surface area contributed by atoms with Gasteiger partial charge in [-0.3, -0.25) is 9.59 Å². The van der Waals surface area contributed by atoms with Gasteiger partial charge in [0.2, 0.25) is 11.8 Å². The quantitative estimate of drug-likeness (QED) is 0.850. The molecule has 1 heterocycles. The lowest BCUT2D eigenvalue weighted by Crippen LogP contribution is -2.68. The minimum Gasteiger partial charge on any atom is -0.394 e. The first-order valence-electron chi connectivity index (χ1n) is 9.35. The molecule has 0 spiro atoms. The van der Waals surface area contributed by atoms with Crippen LogP contribution in [0.25, 0.3) is 6.08 Å². The first kappa shape index (κ1) is 18.6. The highest BCUT2D eigenvalue weighted by Gasteiger charge is 2.53. The van der Waals surface area contributed by atoms with Gasteiger partial charge in [0.1, 0.15) is 0 Å². The van der Waals surface area contributed by atoms with E-state index in [0.717, 1.165) is 24.0 Å². The van der Waals surface area contributed by atoms with Crippen molar-refractivity contribution in [3.8, 4) is 0 Å². The Bertz CT molecular complexity index is 694. The predicted molar refractivity (Wildman–Crippen MR) is 101 cm³/mol. The van der Waals surface area contributed by atoms with Crippen LogP contribution in [-0.2, 0) is 9.59 Å². The Balaban J connectivity index is 1.86. The maximum Gasteiger partial charge on any atom is 0.226 e. The second-order valence-electron chi connectivity index (χ2n) is 7.43. The average molecular weight is 356 g/mol. The van der Waals surface area contributed by atoms with E-state index >= 15 is 0 Å². The summed E-state index contributed by atoms with van der Waals surface area (Å²) in [6, 6.07) is 7.97. The third kappa shape index (κ3) is 3.54. The summed E-state index contributed by atoms with van der Waals surface area (Å²) in [6.07, 6.45) is 5.91. The van der Waals surface area contributed by atoms with Crippen molar-refractivity contribution in [3.63, 3.8) is 0 Å². The zero-order chi connectivity index (χ0) is 18.8. The van der Waals surface area contributed by atoms with Crippen LogP contribution in [0.5, 0.6) is 0 Å². The SMILES string of the molecule is C/C=C/c1ccc([C@H]2[C@@H](CO)N(C(=O)C3CC3)[C@H]2CN(C)C(C)=O)cc1.